The molecule has 2 aliphatic heterocycles. The number of pyridine rings is 1. The summed E-state index contributed by atoms with van der Waals surface area (Å²) in [5.41, 5.74) is 3.15. The van der Waals surface area contributed by atoms with Crippen molar-refractivity contribution in [3.8, 4) is 11.5 Å². The lowest BCUT2D eigenvalue weighted by Gasteiger charge is -2.32. The molecule has 6 rings (SSSR count). The SMILES string of the molecule is CCC(C)(C)n1nnnc1[C@H](c1cc2cc3c(cc2[nH]c1=O)OCO3)N1CCc2ccccc21. The molecule has 2 aromatic heterocycles. The smallest absolute Gasteiger partial charge is 0.254 e. The number of aromatic nitrogens is 5. The minimum Gasteiger partial charge on any atom is -0.454 e. The standard InChI is InChI=1S/C25H26N6O3/c1-4-25(2,3)31-23(27-28-29-31)22(30-10-9-15-7-5-6-8-19(15)30)17-11-16-12-20-21(34-14-33-20)13-18(16)26-24(17)32/h5-8,11-13,22H,4,9-10,14H2,1-3H3,(H,26,32)/t22-/m0/s1. The summed E-state index contributed by atoms with van der Waals surface area (Å²) in [5, 5.41) is 13.7. The van der Waals surface area contributed by atoms with E-state index in [9.17, 15) is 4.79 Å². The molecule has 9 nitrogen and oxygen atoms in total. The Morgan fingerprint density at radius 2 is 1.94 bits per heavy atom. The maximum absolute atomic E-state index is 13.5. The van der Waals surface area contributed by atoms with Gasteiger partial charge in [0.1, 0.15) is 6.04 Å². The van der Waals surface area contributed by atoms with Crippen LogP contribution >= 0.6 is 0 Å². The van der Waals surface area contributed by atoms with Crippen molar-refractivity contribution in [2.45, 2.75) is 45.2 Å². The number of tetrazole rings is 1. The van der Waals surface area contributed by atoms with Crippen LogP contribution in [0.3, 0.4) is 0 Å². The molecule has 0 radical (unpaired) electrons. The third kappa shape index (κ3) is 3.14. The van der Waals surface area contributed by atoms with Crippen molar-refractivity contribution in [2.24, 2.45) is 0 Å². The van der Waals surface area contributed by atoms with Gasteiger partial charge in [-0.3, -0.25) is 4.79 Å². The van der Waals surface area contributed by atoms with E-state index in [1.807, 2.05) is 35.0 Å². The van der Waals surface area contributed by atoms with E-state index >= 15 is 0 Å². The number of ether oxygens (including phenoxy) is 2. The number of rotatable bonds is 5. The summed E-state index contributed by atoms with van der Waals surface area (Å²) < 4.78 is 12.9. The Morgan fingerprint density at radius 3 is 2.76 bits per heavy atom. The zero-order valence-corrected chi connectivity index (χ0v) is 19.4. The molecule has 0 saturated heterocycles. The lowest BCUT2D eigenvalue weighted by molar-refractivity contribution is 0.174. The number of aromatic amines is 1. The second kappa shape index (κ2) is 7.58. The van der Waals surface area contributed by atoms with Crippen molar-refractivity contribution in [3.63, 3.8) is 0 Å². The van der Waals surface area contributed by atoms with Crippen molar-refractivity contribution in [2.75, 3.05) is 18.2 Å². The molecule has 0 saturated carbocycles. The van der Waals surface area contributed by atoms with Gasteiger partial charge in [-0.2, -0.15) is 0 Å². The highest BCUT2D eigenvalue weighted by atomic mass is 16.7. The summed E-state index contributed by atoms with van der Waals surface area (Å²) in [6.07, 6.45) is 1.74. The zero-order valence-electron chi connectivity index (χ0n) is 19.4. The van der Waals surface area contributed by atoms with Gasteiger partial charge >= 0.3 is 0 Å². The Bertz CT molecular complexity index is 1460. The maximum atomic E-state index is 13.5. The lowest BCUT2D eigenvalue weighted by Crippen LogP contribution is -2.37. The first-order valence-electron chi connectivity index (χ1n) is 11.6. The molecule has 1 atom stereocenters. The Labute approximate surface area is 196 Å². The number of anilines is 1. The third-order valence-electron chi connectivity index (χ3n) is 7.07. The highest BCUT2D eigenvalue weighted by molar-refractivity contribution is 5.83. The second-order valence-electron chi connectivity index (χ2n) is 9.44. The lowest BCUT2D eigenvalue weighted by atomic mass is 9.99. The van der Waals surface area contributed by atoms with Crippen LogP contribution in [0.5, 0.6) is 11.5 Å². The summed E-state index contributed by atoms with van der Waals surface area (Å²) >= 11 is 0. The molecule has 0 aliphatic carbocycles. The molecule has 0 bridgehead atoms. The summed E-state index contributed by atoms with van der Waals surface area (Å²) in [6.45, 7) is 7.26. The molecule has 4 aromatic rings. The molecule has 0 unspecified atom stereocenters. The van der Waals surface area contributed by atoms with E-state index in [4.69, 9.17) is 9.47 Å². The minimum atomic E-state index is -0.456. The first kappa shape index (κ1) is 20.7. The quantitative estimate of drug-likeness (QED) is 0.488. The van der Waals surface area contributed by atoms with E-state index in [0.29, 0.717) is 28.4 Å². The van der Waals surface area contributed by atoms with E-state index in [1.165, 1.54) is 5.56 Å². The Balaban J connectivity index is 1.58. The highest BCUT2D eigenvalue weighted by Gasteiger charge is 2.37. The van der Waals surface area contributed by atoms with Gasteiger partial charge in [-0.1, -0.05) is 25.1 Å². The Hall–Kier alpha value is -3.88. The van der Waals surface area contributed by atoms with E-state index in [2.05, 4.69) is 58.3 Å². The van der Waals surface area contributed by atoms with Crippen LogP contribution in [-0.4, -0.2) is 38.5 Å². The van der Waals surface area contributed by atoms with Gasteiger partial charge in [0.2, 0.25) is 6.79 Å². The average Bonchev–Trinajstić information content (AvgIpc) is 3.58. The van der Waals surface area contributed by atoms with Gasteiger partial charge in [0.05, 0.1) is 11.1 Å². The molecule has 0 fully saturated rings. The van der Waals surface area contributed by atoms with Crippen LogP contribution in [0, 0.1) is 0 Å². The monoisotopic (exact) mass is 458 g/mol. The van der Waals surface area contributed by atoms with Crippen molar-refractivity contribution >= 4 is 16.6 Å². The molecular weight excluding hydrogens is 432 g/mol. The van der Waals surface area contributed by atoms with Crippen LogP contribution in [0.2, 0.25) is 0 Å². The molecule has 2 aromatic carbocycles. The number of H-pyrrole nitrogens is 1. The molecule has 1 N–H and O–H groups in total. The number of nitrogens with zero attached hydrogens (tertiary/aromatic N) is 5. The predicted octanol–water partition coefficient (Wildman–Crippen LogP) is 3.54. The summed E-state index contributed by atoms with van der Waals surface area (Å²) in [7, 11) is 0. The van der Waals surface area contributed by atoms with Gasteiger partial charge in [-0.25, -0.2) is 4.68 Å². The van der Waals surface area contributed by atoms with Gasteiger partial charge < -0.3 is 19.4 Å². The van der Waals surface area contributed by atoms with Gasteiger partial charge in [0, 0.05) is 29.2 Å². The molecule has 174 valence electrons. The maximum Gasteiger partial charge on any atom is 0.254 e. The van der Waals surface area contributed by atoms with Crippen LogP contribution in [-0.2, 0) is 12.0 Å². The highest BCUT2D eigenvalue weighted by Crippen LogP contribution is 2.40. The molecule has 0 amide bonds. The average molecular weight is 459 g/mol. The molecular formula is C25H26N6O3. The van der Waals surface area contributed by atoms with Gasteiger partial charge in [-0.15, -0.1) is 5.10 Å². The zero-order chi connectivity index (χ0) is 23.4. The number of fused-ring (bicyclic) bond motifs is 3. The first-order valence-corrected chi connectivity index (χ1v) is 11.6. The number of benzene rings is 2. The van der Waals surface area contributed by atoms with Crippen molar-refractivity contribution in [1.29, 1.82) is 0 Å². The van der Waals surface area contributed by atoms with Crippen LogP contribution in [0.15, 0.2) is 47.3 Å². The largest absolute Gasteiger partial charge is 0.454 e. The number of hydrogen-bond acceptors (Lipinski definition) is 7. The van der Waals surface area contributed by atoms with E-state index in [0.717, 1.165) is 30.5 Å². The van der Waals surface area contributed by atoms with Crippen molar-refractivity contribution < 1.29 is 9.47 Å². The van der Waals surface area contributed by atoms with Crippen LogP contribution in [0.1, 0.15) is 50.2 Å². The van der Waals surface area contributed by atoms with Crippen molar-refractivity contribution in [1.82, 2.24) is 25.2 Å². The van der Waals surface area contributed by atoms with Gasteiger partial charge in [0.25, 0.3) is 5.56 Å². The van der Waals surface area contributed by atoms with E-state index < -0.39 is 6.04 Å². The molecule has 2 aliphatic rings. The Kier molecular flexibility index (Phi) is 4.62. The molecule has 34 heavy (non-hydrogen) atoms. The number of para-hydroxylation sites is 1. The fraction of sp³-hybridized carbons (Fsp3) is 0.360. The number of nitrogens with one attached hydrogen (secondary N) is 1. The minimum absolute atomic E-state index is 0.176. The summed E-state index contributed by atoms with van der Waals surface area (Å²) in [4.78, 5) is 18.8. The van der Waals surface area contributed by atoms with Crippen LogP contribution in [0.4, 0.5) is 5.69 Å². The molecule has 4 heterocycles. The molecule has 9 heteroatoms. The van der Waals surface area contributed by atoms with Gasteiger partial charge in [-0.05, 0) is 60.9 Å². The van der Waals surface area contributed by atoms with E-state index in [1.54, 1.807) is 0 Å². The topological polar surface area (TPSA) is 98.2 Å². The van der Waals surface area contributed by atoms with Crippen LogP contribution < -0.4 is 19.9 Å². The summed E-state index contributed by atoms with van der Waals surface area (Å²) in [6, 6.07) is 13.5. The predicted molar refractivity (Wildman–Crippen MR) is 127 cm³/mol. The fourth-order valence-corrected chi connectivity index (χ4v) is 4.84. The van der Waals surface area contributed by atoms with Gasteiger partial charge in [0.15, 0.2) is 17.3 Å². The normalized spacial score (nSPS) is 15.7. The second-order valence-corrected chi connectivity index (χ2v) is 9.44. The van der Waals surface area contributed by atoms with Crippen molar-refractivity contribution in [3.05, 3.63) is 69.8 Å². The summed E-state index contributed by atoms with van der Waals surface area (Å²) in [5.74, 6) is 1.95. The third-order valence-corrected chi connectivity index (χ3v) is 7.07. The fourth-order valence-electron chi connectivity index (χ4n) is 4.84. The molecule has 0 spiro atoms. The Morgan fingerprint density at radius 1 is 1.15 bits per heavy atom. The van der Waals surface area contributed by atoms with E-state index in [-0.39, 0.29) is 17.9 Å². The first-order chi connectivity index (χ1) is 16.5. The van der Waals surface area contributed by atoms with Crippen LogP contribution in [0.25, 0.3) is 10.9 Å². The number of hydrogen-bond donors (Lipinski definition) is 1.